The van der Waals surface area contributed by atoms with Crippen molar-refractivity contribution in [2.24, 2.45) is 0 Å². The summed E-state index contributed by atoms with van der Waals surface area (Å²) in [4.78, 5) is 14.6. The molecule has 1 aromatic carbocycles. The molecule has 1 aliphatic heterocycles. The highest BCUT2D eigenvalue weighted by Gasteiger charge is 2.26. The van der Waals surface area contributed by atoms with Gasteiger partial charge in [0.05, 0.1) is 19.3 Å². The lowest BCUT2D eigenvalue weighted by Gasteiger charge is -2.30. The van der Waals surface area contributed by atoms with Crippen LogP contribution in [-0.4, -0.2) is 43.0 Å². The van der Waals surface area contributed by atoms with Crippen LogP contribution in [0.4, 0.5) is 0 Å². The molecule has 5 heteroatoms. The standard InChI is InChI=1S/C15H17NO3.ClH/c1-11(16-6-8-18-9-7-16)15(17)14-10-12-4-2-3-5-13(12)19-14;/h2-5,10-11H,6-9H2,1H3;1H. The second-order valence-corrected chi connectivity index (χ2v) is 4.84. The normalized spacial score (nSPS) is 17.6. The fourth-order valence-corrected chi connectivity index (χ4v) is 2.44. The Hall–Kier alpha value is -1.36. The Morgan fingerprint density at radius 2 is 1.95 bits per heavy atom. The molecular formula is C15H18ClNO3. The fourth-order valence-electron chi connectivity index (χ4n) is 2.44. The van der Waals surface area contributed by atoms with Crippen LogP contribution in [0.1, 0.15) is 17.5 Å². The first-order valence-corrected chi connectivity index (χ1v) is 6.60. The van der Waals surface area contributed by atoms with E-state index < -0.39 is 0 Å². The Bertz CT molecular complexity index is 557. The van der Waals surface area contributed by atoms with Gasteiger partial charge in [0.25, 0.3) is 0 Å². The minimum Gasteiger partial charge on any atom is -0.453 e. The minimum atomic E-state index is -0.163. The molecule has 3 rings (SSSR count). The van der Waals surface area contributed by atoms with Crippen LogP contribution in [0.2, 0.25) is 0 Å². The number of hydrogen-bond donors (Lipinski definition) is 0. The highest BCUT2D eigenvalue weighted by Crippen LogP contribution is 2.21. The molecule has 1 saturated heterocycles. The summed E-state index contributed by atoms with van der Waals surface area (Å²) in [6.45, 7) is 4.91. The van der Waals surface area contributed by atoms with E-state index in [1.54, 1.807) is 0 Å². The first kappa shape index (κ1) is 15.0. The highest BCUT2D eigenvalue weighted by molar-refractivity contribution is 6.00. The van der Waals surface area contributed by atoms with Gasteiger partial charge in [-0.15, -0.1) is 12.4 Å². The van der Waals surface area contributed by atoms with Gasteiger partial charge in [0.2, 0.25) is 5.78 Å². The maximum absolute atomic E-state index is 12.4. The number of furan rings is 1. The molecule has 2 aromatic rings. The molecule has 0 aliphatic carbocycles. The molecule has 1 aliphatic rings. The van der Waals surface area contributed by atoms with Gasteiger partial charge in [-0.25, -0.2) is 0 Å². The third-order valence-corrected chi connectivity index (χ3v) is 3.64. The topological polar surface area (TPSA) is 42.7 Å². The Balaban J connectivity index is 0.00000147. The van der Waals surface area contributed by atoms with Gasteiger partial charge >= 0.3 is 0 Å². The van der Waals surface area contributed by atoms with Crippen molar-refractivity contribution in [3.05, 3.63) is 36.1 Å². The molecule has 0 amide bonds. The van der Waals surface area contributed by atoms with Gasteiger partial charge in [0, 0.05) is 18.5 Å². The van der Waals surface area contributed by atoms with Crippen molar-refractivity contribution < 1.29 is 13.9 Å². The first-order chi connectivity index (χ1) is 9.25. The number of benzene rings is 1. The minimum absolute atomic E-state index is 0. The molecular weight excluding hydrogens is 278 g/mol. The number of fused-ring (bicyclic) bond motifs is 1. The molecule has 0 N–H and O–H groups in total. The summed E-state index contributed by atoms with van der Waals surface area (Å²) in [5, 5.41) is 0.972. The van der Waals surface area contributed by atoms with Crippen molar-refractivity contribution >= 4 is 29.2 Å². The molecule has 1 aromatic heterocycles. The van der Waals surface area contributed by atoms with Crippen LogP contribution in [0.25, 0.3) is 11.0 Å². The van der Waals surface area contributed by atoms with Crippen LogP contribution >= 0.6 is 12.4 Å². The van der Waals surface area contributed by atoms with Gasteiger partial charge in [-0.2, -0.15) is 0 Å². The molecule has 0 spiro atoms. The number of nitrogens with zero attached hydrogens (tertiary/aromatic N) is 1. The van der Waals surface area contributed by atoms with E-state index in [0.717, 1.165) is 24.1 Å². The fraction of sp³-hybridized carbons (Fsp3) is 0.400. The van der Waals surface area contributed by atoms with Gasteiger partial charge in [0.1, 0.15) is 5.58 Å². The van der Waals surface area contributed by atoms with Crippen molar-refractivity contribution in [3.8, 4) is 0 Å². The summed E-state index contributed by atoms with van der Waals surface area (Å²) in [7, 11) is 0. The van der Waals surface area contributed by atoms with Crippen molar-refractivity contribution in [1.82, 2.24) is 4.90 Å². The monoisotopic (exact) mass is 295 g/mol. The van der Waals surface area contributed by atoms with Crippen molar-refractivity contribution in [2.75, 3.05) is 26.3 Å². The van der Waals surface area contributed by atoms with Gasteiger partial charge in [-0.05, 0) is 19.1 Å². The van der Waals surface area contributed by atoms with Gasteiger partial charge in [-0.3, -0.25) is 9.69 Å². The van der Waals surface area contributed by atoms with Crippen LogP contribution in [0, 0.1) is 0 Å². The number of hydrogen-bond acceptors (Lipinski definition) is 4. The maximum Gasteiger partial charge on any atom is 0.214 e. The molecule has 0 bridgehead atoms. The van der Waals surface area contributed by atoms with E-state index in [0.29, 0.717) is 19.0 Å². The summed E-state index contributed by atoms with van der Waals surface area (Å²) in [6.07, 6.45) is 0. The highest BCUT2D eigenvalue weighted by atomic mass is 35.5. The van der Waals surface area contributed by atoms with Gasteiger partial charge in [0.15, 0.2) is 5.76 Å². The van der Waals surface area contributed by atoms with Gasteiger partial charge in [-0.1, -0.05) is 18.2 Å². The number of halogens is 1. The zero-order chi connectivity index (χ0) is 13.2. The number of carbonyl (C=O) groups is 1. The predicted molar refractivity (Wildman–Crippen MR) is 79.6 cm³/mol. The molecule has 0 radical (unpaired) electrons. The molecule has 1 atom stereocenters. The Morgan fingerprint density at radius 1 is 1.25 bits per heavy atom. The summed E-state index contributed by atoms with van der Waals surface area (Å²) < 4.78 is 10.9. The van der Waals surface area contributed by atoms with Crippen molar-refractivity contribution in [1.29, 1.82) is 0 Å². The zero-order valence-electron chi connectivity index (χ0n) is 11.4. The average molecular weight is 296 g/mol. The van der Waals surface area contributed by atoms with Crippen LogP contribution in [0.15, 0.2) is 34.7 Å². The Kier molecular flexibility index (Phi) is 4.81. The zero-order valence-corrected chi connectivity index (χ0v) is 12.2. The lowest BCUT2D eigenvalue weighted by Crippen LogP contribution is -2.45. The van der Waals surface area contributed by atoms with E-state index >= 15 is 0 Å². The SMILES string of the molecule is CC(C(=O)c1cc2ccccc2o1)N1CCOCC1.Cl. The van der Waals surface area contributed by atoms with E-state index in [4.69, 9.17) is 9.15 Å². The summed E-state index contributed by atoms with van der Waals surface area (Å²) >= 11 is 0. The number of para-hydroxylation sites is 1. The number of carbonyl (C=O) groups excluding carboxylic acids is 1. The largest absolute Gasteiger partial charge is 0.453 e. The first-order valence-electron chi connectivity index (χ1n) is 6.60. The summed E-state index contributed by atoms with van der Waals surface area (Å²) in [6, 6.07) is 9.35. The molecule has 1 fully saturated rings. The maximum atomic E-state index is 12.4. The van der Waals surface area contributed by atoms with E-state index in [2.05, 4.69) is 4.90 Å². The lowest BCUT2D eigenvalue weighted by atomic mass is 10.1. The Labute approximate surface area is 124 Å². The quantitative estimate of drug-likeness (QED) is 0.817. The molecule has 20 heavy (non-hydrogen) atoms. The number of ether oxygens (including phenoxy) is 1. The van der Waals surface area contributed by atoms with Crippen LogP contribution in [-0.2, 0) is 4.74 Å². The third kappa shape index (κ3) is 2.87. The molecule has 0 saturated carbocycles. The number of ketones is 1. The molecule has 2 heterocycles. The smallest absolute Gasteiger partial charge is 0.214 e. The van der Waals surface area contributed by atoms with E-state index in [-0.39, 0.29) is 24.2 Å². The van der Waals surface area contributed by atoms with E-state index in [1.165, 1.54) is 0 Å². The number of rotatable bonds is 3. The summed E-state index contributed by atoms with van der Waals surface area (Å²) in [5.74, 6) is 0.485. The number of Topliss-reactive ketones (excluding diaryl/α,β-unsaturated/α-hetero) is 1. The predicted octanol–water partition coefficient (Wildman–Crippen LogP) is 2.76. The molecule has 4 nitrogen and oxygen atoms in total. The van der Waals surface area contributed by atoms with Crippen molar-refractivity contribution in [3.63, 3.8) is 0 Å². The number of morpholine rings is 1. The van der Waals surface area contributed by atoms with Gasteiger partial charge < -0.3 is 9.15 Å². The lowest BCUT2D eigenvalue weighted by molar-refractivity contribution is 0.0201. The second-order valence-electron chi connectivity index (χ2n) is 4.84. The van der Waals surface area contributed by atoms with Crippen molar-refractivity contribution in [2.45, 2.75) is 13.0 Å². The molecule has 108 valence electrons. The third-order valence-electron chi connectivity index (χ3n) is 3.64. The van der Waals surface area contributed by atoms with Crippen LogP contribution < -0.4 is 0 Å². The van der Waals surface area contributed by atoms with Crippen LogP contribution in [0.5, 0.6) is 0 Å². The average Bonchev–Trinajstić information content (AvgIpc) is 2.90. The van der Waals surface area contributed by atoms with E-state index in [1.807, 2.05) is 37.3 Å². The Morgan fingerprint density at radius 3 is 2.65 bits per heavy atom. The van der Waals surface area contributed by atoms with E-state index in [9.17, 15) is 4.79 Å². The molecule has 1 unspecified atom stereocenters. The second kappa shape index (κ2) is 6.39. The summed E-state index contributed by atoms with van der Waals surface area (Å²) in [5.41, 5.74) is 0.764. The van der Waals surface area contributed by atoms with Crippen LogP contribution in [0.3, 0.4) is 0 Å².